The van der Waals surface area contributed by atoms with E-state index in [9.17, 15) is 19.2 Å². The Morgan fingerprint density at radius 2 is 1.86 bits per heavy atom. The highest BCUT2D eigenvalue weighted by Gasteiger charge is 2.16. The van der Waals surface area contributed by atoms with Gasteiger partial charge >= 0.3 is 17.7 Å². The van der Waals surface area contributed by atoms with Crippen LogP contribution in [-0.4, -0.2) is 30.1 Å². The molecule has 2 aromatic rings. The average molecular weight is 404 g/mol. The Hall–Kier alpha value is -3.36. The van der Waals surface area contributed by atoms with Crippen molar-refractivity contribution in [3.63, 3.8) is 0 Å². The number of benzene rings is 1. The number of carbonyl (C=O) groups is 3. The Morgan fingerprint density at radius 1 is 1.14 bits per heavy atom. The van der Waals surface area contributed by atoms with Crippen LogP contribution in [0.1, 0.15) is 39.7 Å². The summed E-state index contributed by atoms with van der Waals surface area (Å²) in [7, 11) is 0. The summed E-state index contributed by atoms with van der Waals surface area (Å²) < 4.78 is 15.4. The van der Waals surface area contributed by atoms with Gasteiger partial charge in [-0.1, -0.05) is 0 Å². The summed E-state index contributed by atoms with van der Waals surface area (Å²) in [6.45, 7) is 6.51. The summed E-state index contributed by atoms with van der Waals surface area (Å²) >= 11 is 0. The lowest BCUT2D eigenvalue weighted by Crippen LogP contribution is -2.33. The van der Waals surface area contributed by atoms with Gasteiger partial charge in [-0.15, -0.1) is 0 Å². The normalized spacial score (nSPS) is 11.0. The smallest absolute Gasteiger partial charge is 0.407 e. The number of amides is 2. The molecule has 156 valence electrons. The van der Waals surface area contributed by atoms with Crippen LogP contribution >= 0.6 is 0 Å². The van der Waals surface area contributed by atoms with Gasteiger partial charge in [0, 0.05) is 42.2 Å². The summed E-state index contributed by atoms with van der Waals surface area (Å²) in [6, 6.07) is 6.08. The molecule has 2 N–H and O–H groups in total. The van der Waals surface area contributed by atoms with Gasteiger partial charge in [0.15, 0.2) is 0 Å². The van der Waals surface area contributed by atoms with E-state index < -0.39 is 23.3 Å². The van der Waals surface area contributed by atoms with Gasteiger partial charge in [-0.05, 0) is 32.9 Å². The number of ether oxygens (including phenoxy) is 2. The second-order valence-corrected chi connectivity index (χ2v) is 7.32. The van der Waals surface area contributed by atoms with Crippen LogP contribution in [-0.2, 0) is 25.7 Å². The molecular weight excluding hydrogens is 380 g/mol. The van der Waals surface area contributed by atoms with Crippen molar-refractivity contribution in [3.8, 4) is 0 Å². The Morgan fingerprint density at radius 3 is 2.52 bits per heavy atom. The molecule has 0 aliphatic rings. The molecular formula is C20H24N2O7. The second kappa shape index (κ2) is 9.22. The van der Waals surface area contributed by atoms with Crippen LogP contribution < -0.4 is 16.3 Å². The molecule has 0 atom stereocenters. The van der Waals surface area contributed by atoms with Crippen LogP contribution in [0, 0.1) is 0 Å². The molecule has 9 heteroatoms. The number of rotatable bonds is 6. The second-order valence-electron chi connectivity index (χ2n) is 7.32. The van der Waals surface area contributed by atoms with E-state index in [1.165, 1.54) is 19.1 Å². The Balaban J connectivity index is 1.96. The maximum absolute atomic E-state index is 11.9. The first kappa shape index (κ1) is 21.9. The molecule has 2 rings (SSSR count). The predicted octanol–water partition coefficient (Wildman–Crippen LogP) is 2.71. The Labute approximate surface area is 167 Å². The highest BCUT2D eigenvalue weighted by Crippen LogP contribution is 2.22. The van der Waals surface area contributed by atoms with Crippen LogP contribution in [0.25, 0.3) is 11.0 Å². The van der Waals surface area contributed by atoms with E-state index >= 15 is 0 Å². The first-order valence-corrected chi connectivity index (χ1v) is 9.00. The topological polar surface area (TPSA) is 124 Å². The van der Waals surface area contributed by atoms with Gasteiger partial charge in [0.1, 0.15) is 17.8 Å². The highest BCUT2D eigenvalue weighted by atomic mass is 16.6. The third-order valence-corrected chi connectivity index (χ3v) is 3.54. The van der Waals surface area contributed by atoms with Crippen molar-refractivity contribution < 1.29 is 28.3 Å². The SMILES string of the molecule is CC(=O)Nc1ccc2c(COC(=O)CCNC(=O)OC(C)(C)C)cc(=O)oc2c1. The summed E-state index contributed by atoms with van der Waals surface area (Å²) in [5, 5.41) is 5.65. The first-order valence-electron chi connectivity index (χ1n) is 9.00. The lowest BCUT2D eigenvalue weighted by molar-refractivity contribution is -0.144. The highest BCUT2D eigenvalue weighted by molar-refractivity contribution is 5.92. The minimum absolute atomic E-state index is 0.0503. The fraction of sp³-hybridized carbons (Fsp3) is 0.400. The molecule has 1 aromatic heterocycles. The van der Waals surface area contributed by atoms with E-state index in [0.29, 0.717) is 16.6 Å². The van der Waals surface area contributed by atoms with Gasteiger partial charge in [-0.2, -0.15) is 0 Å². The Bertz CT molecular complexity index is 973. The third kappa shape index (κ3) is 7.28. The number of nitrogens with one attached hydrogen (secondary N) is 2. The number of fused-ring (bicyclic) bond motifs is 1. The maximum atomic E-state index is 11.9. The Kier molecular flexibility index (Phi) is 6.98. The number of alkyl carbamates (subject to hydrolysis) is 1. The van der Waals surface area contributed by atoms with Crippen LogP contribution in [0.4, 0.5) is 10.5 Å². The van der Waals surface area contributed by atoms with Gasteiger partial charge in [0.25, 0.3) is 0 Å². The zero-order chi connectivity index (χ0) is 21.6. The number of hydrogen-bond donors (Lipinski definition) is 2. The zero-order valence-electron chi connectivity index (χ0n) is 16.8. The van der Waals surface area contributed by atoms with Crippen molar-refractivity contribution in [3.05, 3.63) is 40.2 Å². The van der Waals surface area contributed by atoms with Gasteiger partial charge in [-0.3, -0.25) is 9.59 Å². The van der Waals surface area contributed by atoms with Crippen LogP contribution in [0.2, 0.25) is 0 Å². The van der Waals surface area contributed by atoms with E-state index in [-0.39, 0.29) is 31.1 Å². The minimum Gasteiger partial charge on any atom is -0.461 e. The van der Waals surface area contributed by atoms with Crippen molar-refractivity contribution in [1.82, 2.24) is 5.32 Å². The number of hydrogen-bond acceptors (Lipinski definition) is 7. The molecule has 0 fully saturated rings. The minimum atomic E-state index is -0.625. The molecule has 0 spiro atoms. The van der Waals surface area contributed by atoms with Gasteiger partial charge < -0.3 is 24.5 Å². The number of carbonyl (C=O) groups excluding carboxylic acids is 3. The average Bonchev–Trinajstić information content (AvgIpc) is 2.57. The molecule has 0 saturated carbocycles. The summed E-state index contributed by atoms with van der Waals surface area (Å²) in [5.41, 5.74) is -0.00839. The molecule has 0 aliphatic heterocycles. The molecule has 0 radical (unpaired) electrons. The van der Waals surface area contributed by atoms with Crippen molar-refractivity contribution >= 4 is 34.6 Å². The fourth-order valence-electron chi connectivity index (χ4n) is 2.44. The van der Waals surface area contributed by atoms with E-state index in [1.54, 1.807) is 32.9 Å². The van der Waals surface area contributed by atoms with Gasteiger partial charge in [-0.25, -0.2) is 9.59 Å². The van der Waals surface area contributed by atoms with E-state index in [4.69, 9.17) is 13.9 Å². The molecule has 2 amide bonds. The monoisotopic (exact) mass is 404 g/mol. The van der Waals surface area contributed by atoms with E-state index in [2.05, 4.69) is 10.6 Å². The molecule has 0 saturated heterocycles. The standard InChI is InChI=1S/C20H24N2O7/c1-12(23)22-14-5-6-15-13(9-18(25)28-16(15)10-14)11-27-17(24)7-8-21-19(26)29-20(2,3)4/h5-6,9-10H,7-8,11H2,1-4H3,(H,21,26)(H,22,23). The van der Waals surface area contributed by atoms with Crippen molar-refractivity contribution in [2.45, 2.75) is 46.3 Å². The molecule has 1 aromatic carbocycles. The molecule has 29 heavy (non-hydrogen) atoms. The number of anilines is 1. The van der Waals surface area contributed by atoms with Gasteiger partial charge in [0.2, 0.25) is 5.91 Å². The summed E-state index contributed by atoms with van der Waals surface area (Å²) in [5.74, 6) is -0.797. The molecule has 9 nitrogen and oxygen atoms in total. The van der Waals surface area contributed by atoms with Crippen LogP contribution in [0.5, 0.6) is 0 Å². The van der Waals surface area contributed by atoms with E-state index in [0.717, 1.165) is 0 Å². The largest absolute Gasteiger partial charge is 0.461 e. The molecule has 1 heterocycles. The summed E-state index contributed by atoms with van der Waals surface area (Å²) in [4.78, 5) is 46.4. The maximum Gasteiger partial charge on any atom is 0.407 e. The van der Waals surface area contributed by atoms with Gasteiger partial charge in [0.05, 0.1) is 6.42 Å². The van der Waals surface area contributed by atoms with E-state index in [1.807, 2.05) is 0 Å². The van der Waals surface area contributed by atoms with Crippen molar-refractivity contribution in [2.24, 2.45) is 0 Å². The van der Waals surface area contributed by atoms with Crippen molar-refractivity contribution in [2.75, 3.05) is 11.9 Å². The number of esters is 1. The fourth-order valence-corrected chi connectivity index (χ4v) is 2.44. The van der Waals surface area contributed by atoms with Crippen molar-refractivity contribution in [1.29, 1.82) is 0 Å². The third-order valence-electron chi connectivity index (χ3n) is 3.54. The zero-order valence-corrected chi connectivity index (χ0v) is 16.8. The summed E-state index contributed by atoms with van der Waals surface area (Å²) in [6.07, 6.45) is -0.669. The first-order chi connectivity index (χ1) is 13.5. The molecule has 0 unspecified atom stereocenters. The lowest BCUT2D eigenvalue weighted by atomic mass is 10.1. The quantitative estimate of drug-likeness (QED) is 0.560. The van der Waals surface area contributed by atoms with Crippen LogP contribution in [0.3, 0.4) is 0 Å². The molecule has 0 bridgehead atoms. The lowest BCUT2D eigenvalue weighted by Gasteiger charge is -2.19. The van der Waals surface area contributed by atoms with Crippen LogP contribution in [0.15, 0.2) is 33.5 Å². The predicted molar refractivity (Wildman–Crippen MR) is 105 cm³/mol. The molecule has 0 aliphatic carbocycles.